The van der Waals surface area contributed by atoms with Gasteiger partial charge in [-0.25, -0.2) is 8.42 Å². The lowest BCUT2D eigenvalue weighted by Crippen LogP contribution is -2.36. The maximum atomic E-state index is 12.1. The number of nitrogens with one attached hydrogen (secondary N) is 1. The lowest BCUT2D eigenvalue weighted by molar-refractivity contribution is -0.139. The van der Waals surface area contributed by atoms with Gasteiger partial charge in [0, 0.05) is 6.04 Å². The highest BCUT2D eigenvalue weighted by molar-refractivity contribution is 7.92. The fraction of sp³-hybridized carbons (Fsp3) is 0.909. The number of esters is 1. The van der Waals surface area contributed by atoms with Gasteiger partial charge in [-0.3, -0.25) is 4.79 Å². The number of rotatable bonds is 5. The van der Waals surface area contributed by atoms with Crippen LogP contribution < -0.4 is 5.32 Å². The Morgan fingerprint density at radius 2 is 2.06 bits per heavy atom. The molecule has 5 nitrogen and oxygen atoms in total. The molecule has 1 aliphatic carbocycles. The van der Waals surface area contributed by atoms with E-state index in [0.717, 1.165) is 6.42 Å². The van der Waals surface area contributed by atoms with Crippen molar-refractivity contribution in [3.8, 4) is 0 Å². The number of ether oxygens (including phenoxy) is 1. The van der Waals surface area contributed by atoms with Crippen molar-refractivity contribution in [1.82, 2.24) is 5.32 Å². The molecule has 100 valence electrons. The average molecular weight is 263 g/mol. The molecule has 0 amide bonds. The fourth-order valence-electron chi connectivity index (χ4n) is 2.52. The standard InChI is InChI=1S/C11H21NO4S/c1-4-16-11(13)7-17(14,15)10-6-5-9(12-3)8(10)2/h8-10,12H,4-7H2,1-3H3. The number of sulfone groups is 1. The molecular weight excluding hydrogens is 242 g/mol. The van der Waals surface area contributed by atoms with Gasteiger partial charge in [0.05, 0.1) is 11.9 Å². The third-order valence-electron chi connectivity index (χ3n) is 3.44. The van der Waals surface area contributed by atoms with Gasteiger partial charge in [0.1, 0.15) is 5.75 Å². The Morgan fingerprint density at radius 3 is 2.53 bits per heavy atom. The van der Waals surface area contributed by atoms with Crippen LogP contribution in [-0.2, 0) is 19.4 Å². The van der Waals surface area contributed by atoms with Crippen LogP contribution in [0.15, 0.2) is 0 Å². The molecule has 6 heteroatoms. The number of carbonyl (C=O) groups excluding carboxylic acids is 1. The van der Waals surface area contributed by atoms with E-state index in [2.05, 4.69) is 5.32 Å². The molecule has 1 saturated carbocycles. The Morgan fingerprint density at radius 1 is 1.41 bits per heavy atom. The zero-order chi connectivity index (χ0) is 13.1. The first-order chi connectivity index (χ1) is 7.92. The van der Waals surface area contributed by atoms with Crippen molar-refractivity contribution in [3.05, 3.63) is 0 Å². The molecule has 0 aliphatic heterocycles. The lowest BCUT2D eigenvalue weighted by atomic mass is 10.1. The van der Waals surface area contributed by atoms with E-state index in [1.165, 1.54) is 0 Å². The van der Waals surface area contributed by atoms with Crippen LogP contribution in [0.3, 0.4) is 0 Å². The third-order valence-corrected chi connectivity index (χ3v) is 5.67. The quantitative estimate of drug-likeness (QED) is 0.725. The molecule has 3 unspecified atom stereocenters. The van der Waals surface area contributed by atoms with Crippen LogP contribution in [-0.4, -0.2) is 45.1 Å². The zero-order valence-electron chi connectivity index (χ0n) is 10.6. The molecule has 0 saturated heterocycles. The minimum absolute atomic E-state index is 0.0411. The highest BCUT2D eigenvalue weighted by Gasteiger charge is 2.41. The molecule has 0 aromatic rings. The largest absolute Gasteiger partial charge is 0.465 e. The second kappa shape index (κ2) is 5.82. The Labute approximate surface area is 103 Å². The van der Waals surface area contributed by atoms with Crippen molar-refractivity contribution in [2.45, 2.75) is 38.0 Å². The molecule has 1 fully saturated rings. The van der Waals surface area contributed by atoms with Gasteiger partial charge in [0.25, 0.3) is 0 Å². The monoisotopic (exact) mass is 263 g/mol. The van der Waals surface area contributed by atoms with E-state index in [0.29, 0.717) is 6.42 Å². The summed E-state index contributed by atoms with van der Waals surface area (Å²) in [6.07, 6.45) is 1.46. The van der Waals surface area contributed by atoms with E-state index >= 15 is 0 Å². The molecule has 1 rings (SSSR count). The molecule has 0 radical (unpaired) electrons. The van der Waals surface area contributed by atoms with Crippen molar-refractivity contribution in [3.63, 3.8) is 0 Å². The number of hydrogen-bond acceptors (Lipinski definition) is 5. The number of hydrogen-bond donors (Lipinski definition) is 1. The third kappa shape index (κ3) is 3.42. The highest BCUT2D eigenvalue weighted by Crippen LogP contribution is 2.31. The van der Waals surface area contributed by atoms with Crippen LogP contribution in [0.1, 0.15) is 26.7 Å². The van der Waals surface area contributed by atoms with E-state index in [1.54, 1.807) is 6.92 Å². The van der Waals surface area contributed by atoms with Crippen LogP contribution in [0, 0.1) is 5.92 Å². The first-order valence-electron chi connectivity index (χ1n) is 5.96. The molecule has 0 bridgehead atoms. The lowest BCUT2D eigenvalue weighted by Gasteiger charge is -2.20. The van der Waals surface area contributed by atoms with E-state index in [4.69, 9.17) is 4.74 Å². The highest BCUT2D eigenvalue weighted by atomic mass is 32.2. The Bertz CT molecular complexity index is 366. The maximum absolute atomic E-state index is 12.1. The van der Waals surface area contributed by atoms with Crippen molar-refractivity contribution in [2.24, 2.45) is 5.92 Å². The Hall–Kier alpha value is -0.620. The predicted molar refractivity (Wildman–Crippen MR) is 65.5 cm³/mol. The molecule has 0 aromatic carbocycles. The van der Waals surface area contributed by atoms with Gasteiger partial charge in [-0.15, -0.1) is 0 Å². The number of carbonyl (C=O) groups is 1. The summed E-state index contributed by atoms with van der Waals surface area (Å²) >= 11 is 0. The van der Waals surface area contributed by atoms with E-state index in [-0.39, 0.29) is 18.6 Å². The maximum Gasteiger partial charge on any atom is 0.321 e. The molecule has 17 heavy (non-hydrogen) atoms. The molecule has 0 spiro atoms. The van der Waals surface area contributed by atoms with E-state index in [1.807, 2.05) is 14.0 Å². The van der Waals surface area contributed by atoms with Crippen molar-refractivity contribution >= 4 is 15.8 Å². The topological polar surface area (TPSA) is 72.5 Å². The van der Waals surface area contributed by atoms with Crippen LogP contribution in [0.2, 0.25) is 0 Å². The molecular formula is C11H21NO4S. The summed E-state index contributed by atoms with van der Waals surface area (Å²) in [6, 6.07) is 0.219. The SMILES string of the molecule is CCOC(=O)CS(=O)(=O)C1CCC(NC)C1C. The fourth-order valence-corrected chi connectivity index (χ4v) is 4.48. The van der Waals surface area contributed by atoms with Gasteiger partial charge in [0.2, 0.25) is 0 Å². The summed E-state index contributed by atoms with van der Waals surface area (Å²) in [4.78, 5) is 11.3. The smallest absolute Gasteiger partial charge is 0.321 e. The van der Waals surface area contributed by atoms with Gasteiger partial charge in [-0.2, -0.15) is 0 Å². The van der Waals surface area contributed by atoms with Gasteiger partial charge < -0.3 is 10.1 Å². The molecule has 1 N–H and O–H groups in total. The second-order valence-corrected chi connectivity index (χ2v) is 6.70. The van der Waals surface area contributed by atoms with Crippen LogP contribution >= 0.6 is 0 Å². The normalized spacial score (nSPS) is 29.2. The minimum atomic E-state index is -3.39. The minimum Gasteiger partial charge on any atom is -0.465 e. The summed E-state index contributed by atoms with van der Waals surface area (Å²) < 4.78 is 28.8. The first kappa shape index (κ1) is 14.4. The summed E-state index contributed by atoms with van der Waals surface area (Å²) in [5.74, 6) is -1.10. The van der Waals surface area contributed by atoms with E-state index < -0.39 is 26.8 Å². The Balaban J connectivity index is 2.69. The Kier molecular flexibility index (Phi) is 4.94. The van der Waals surface area contributed by atoms with Gasteiger partial charge in [-0.05, 0) is 32.7 Å². The summed E-state index contributed by atoms with van der Waals surface area (Å²) in [5, 5.41) is 2.69. The van der Waals surface area contributed by atoms with Crippen molar-refractivity contribution in [2.75, 3.05) is 19.4 Å². The first-order valence-corrected chi connectivity index (χ1v) is 7.68. The van der Waals surface area contributed by atoms with Crippen molar-refractivity contribution < 1.29 is 17.9 Å². The van der Waals surface area contributed by atoms with Crippen LogP contribution in [0.4, 0.5) is 0 Å². The average Bonchev–Trinajstić information content (AvgIpc) is 2.59. The summed E-state index contributed by atoms with van der Waals surface area (Å²) in [7, 11) is -1.55. The van der Waals surface area contributed by atoms with Crippen LogP contribution in [0.5, 0.6) is 0 Å². The molecule has 3 atom stereocenters. The second-order valence-electron chi connectivity index (χ2n) is 4.48. The molecule has 0 aromatic heterocycles. The van der Waals surface area contributed by atoms with Crippen LogP contribution in [0.25, 0.3) is 0 Å². The van der Waals surface area contributed by atoms with Gasteiger partial charge in [-0.1, -0.05) is 6.92 Å². The van der Waals surface area contributed by atoms with Gasteiger partial charge in [0.15, 0.2) is 9.84 Å². The molecule has 0 heterocycles. The zero-order valence-corrected chi connectivity index (χ0v) is 11.4. The summed E-state index contributed by atoms with van der Waals surface area (Å²) in [6.45, 7) is 3.80. The summed E-state index contributed by atoms with van der Waals surface area (Å²) in [5.41, 5.74) is 0. The van der Waals surface area contributed by atoms with E-state index in [9.17, 15) is 13.2 Å². The predicted octanol–water partition coefficient (Wildman–Crippen LogP) is 0.351. The van der Waals surface area contributed by atoms with Crippen molar-refractivity contribution in [1.29, 1.82) is 0 Å². The van der Waals surface area contributed by atoms with Gasteiger partial charge >= 0.3 is 5.97 Å². The molecule has 1 aliphatic rings.